The number of nitrogens with zero attached hydrogens (tertiary/aromatic N) is 2. The molecule has 4 heteroatoms. The first-order chi connectivity index (χ1) is 8.69. The van der Waals surface area contributed by atoms with Crippen molar-refractivity contribution in [3.63, 3.8) is 0 Å². The Balaban J connectivity index is 1.97. The Bertz CT molecular complexity index is 520. The van der Waals surface area contributed by atoms with E-state index in [0.29, 0.717) is 0 Å². The lowest BCUT2D eigenvalue weighted by atomic mass is 10.1. The van der Waals surface area contributed by atoms with Crippen LogP contribution in [0.2, 0.25) is 0 Å². The van der Waals surface area contributed by atoms with Gasteiger partial charge in [0.1, 0.15) is 5.82 Å². The Morgan fingerprint density at radius 1 is 1.28 bits per heavy atom. The highest BCUT2D eigenvalue weighted by atomic mass is 32.2. The van der Waals surface area contributed by atoms with Crippen molar-refractivity contribution in [3.8, 4) is 0 Å². The zero-order chi connectivity index (χ0) is 13.0. The minimum absolute atomic E-state index is 0.846. The molecule has 1 aromatic carbocycles. The van der Waals surface area contributed by atoms with E-state index in [2.05, 4.69) is 54.2 Å². The van der Waals surface area contributed by atoms with Crippen molar-refractivity contribution < 1.29 is 0 Å². The highest BCUT2D eigenvalue weighted by molar-refractivity contribution is 7.98. The molecule has 0 fully saturated rings. The fraction of sp³-hybridized carbons (Fsp3) is 0.429. The van der Waals surface area contributed by atoms with Crippen LogP contribution in [-0.2, 0) is 12.2 Å². The average Bonchev–Trinajstić information content (AvgIpc) is 2.76. The molecule has 0 spiro atoms. The maximum atomic E-state index is 4.46. The summed E-state index contributed by atoms with van der Waals surface area (Å²) in [5.74, 6) is 1.91. The molecule has 1 N–H and O–H groups in total. The maximum absolute atomic E-state index is 4.46. The van der Waals surface area contributed by atoms with E-state index >= 15 is 0 Å². The summed E-state index contributed by atoms with van der Waals surface area (Å²) in [5.41, 5.74) is 4.00. The predicted octanol–water partition coefficient (Wildman–Crippen LogP) is 3.67. The SMILES string of the molecule is CCCc1nc(SCc2ccc(C)cc2C)n[nH]1. The van der Waals surface area contributed by atoms with E-state index in [1.165, 1.54) is 16.7 Å². The third-order valence-electron chi connectivity index (χ3n) is 2.85. The Labute approximate surface area is 112 Å². The van der Waals surface area contributed by atoms with Crippen molar-refractivity contribution in [1.82, 2.24) is 15.2 Å². The number of rotatable bonds is 5. The first-order valence-corrected chi connectivity index (χ1v) is 7.28. The summed E-state index contributed by atoms with van der Waals surface area (Å²) >= 11 is 1.69. The van der Waals surface area contributed by atoms with Crippen molar-refractivity contribution in [3.05, 3.63) is 40.7 Å². The highest BCUT2D eigenvalue weighted by Crippen LogP contribution is 2.22. The Morgan fingerprint density at radius 3 is 2.83 bits per heavy atom. The molecule has 1 heterocycles. The number of nitrogens with one attached hydrogen (secondary N) is 1. The molecule has 96 valence electrons. The van der Waals surface area contributed by atoms with Gasteiger partial charge in [0.15, 0.2) is 0 Å². The van der Waals surface area contributed by atoms with Crippen molar-refractivity contribution >= 4 is 11.8 Å². The van der Waals surface area contributed by atoms with Crippen molar-refractivity contribution in [2.75, 3.05) is 0 Å². The number of thioether (sulfide) groups is 1. The summed E-state index contributed by atoms with van der Waals surface area (Å²) in [6.07, 6.45) is 2.06. The Hall–Kier alpha value is -1.29. The third kappa shape index (κ3) is 3.35. The molecule has 2 rings (SSSR count). The predicted molar refractivity (Wildman–Crippen MR) is 75.9 cm³/mol. The van der Waals surface area contributed by atoms with Gasteiger partial charge in [0.25, 0.3) is 0 Å². The lowest BCUT2D eigenvalue weighted by Gasteiger charge is -2.04. The van der Waals surface area contributed by atoms with Crippen LogP contribution < -0.4 is 0 Å². The largest absolute Gasteiger partial charge is 0.262 e. The van der Waals surface area contributed by atoms with E-state index < -0.39 is 0 Å². The van der Waals surface area contributed by atoms with Crippen molar-refractivity contribution in [2.24, 2.45) is 0 Å². The molecule has 0 atom stereocenters. The monoisotopic (exact) mass is 261 g/mol. The summed E-state index contributed by atoms with van der Waals surface area (Å²) in [7, 11) is 0. The van der Waals surface area contributed by atoms with Crippen molar-refractivity contribution in [1.29, 1.82) is 0 Å². The van der Waals surface area contributed by atoms with Gasteiger partial charge < -0.3 is 0 Å². The maximum Gasteiger partial charge on any atom is 0.208 e. The van der Waals surface area contributed by atoms with Crippen LogP contribution in [0, 0.1) is 13.8 Å². The average molecular weight is 261 g/mol. The standard InChI is InChI=1S/C14H19N3S/c1-4-5-13-15-14(17-16-13)18-9-12-7-6-10(2)8-11(12)3/h6-8H,4-5,9H2,1-3H3,(H,15,16,17). The minimum atomic E-state index is 0.846. The van der Waals surface area contributed by atoms with Crippen LogP contribution in [-0.4, -0.2) is 15.2 Å². The molecular formula is C14H19N3S. The van der Waals surface area contributed by atoms with Crippen LogP contribution in [0.5, 0.6) is 0 Å². The van der Waals surface area contributed by atoms with Gasteiger partial charge in [0.05, 0.1) is 0 Å². The van der Waals surface area contributed by atoms with Crippen LogP contribution in [0.15, 0.2) is 23.4 Å². The highest BCUT2D eigenvalue weighted by Gasteiger charge is 2.05. The zero-order valence-corrected chi connectivity index (χ0v) is 12.0. The van der Waals surface area contributed by atoms with Crippen LogP contribution in [0.25, 0.3) is 0 Å². The van der Waals surface area contributed by atoms with E-state index in [1.807, 2.05) is 0 Å². The quantitative estimate of drug-likeness (QED) is 0.835. The molecule has 0 saturated heterocycles. The van der Waals surface area contributed by atoms with Crippen LogP contribution >= 0.6 is 11.8 Å². The molecule has 0 unspecified atom stereocenters. The fourth-order valence-electron chi connectivity index (χ4n) is 1.84. The van der Waals surface area contributed by atoms with Gasteiger partial charge in [-0.3, -0.25) is 5.10 Å². The Kier molecular flexibility index (Phi) is 4.42. The molecule has 2 aromatic rings. The molecular weight excluding hydrogens is 242 g/mol. The number of H-pyrrole nitrogens is 1. The smallest absolute Gasteiger partial charge is 0.208 e. The van der Waals surface area contributed by atoms with Gasteiger partial charge in [-0.2, -0.15) is 0 Å². The molecule has 0 aliphatic rings. The molecule has 1 aromatic heterocycles. The number of benzene rings is 1. The molecule has 3 nitrogen and oxygen atoms in total. The summed E-state index contributed by atoms with van der Waals surface area (Å²) in [6, 6.07) is 6.57. The topological polar surface area (TPSA) is 41.6 Å². The molecule has 0 amide bonds. The normalized spacial score (nSPS) is 10.8. The second kappa shape index (κ2) is 6.05. The van der Waals surface area contributed by atoms with E-state index in [1.54, 1.807) is 11.8 Å². The van der Waals surface area contributed by atoms with Gasteiger partial charge in [-0.25, -0.2) is 4.98 Å². The summed E-state index contributed by atoms with van der Waals surface area (Å²) in [6.45, 7) is 6.42. The number of aryl methyl sites for hydroxylation is 3. The lowest BCUT2D eigenvalue weighted by Crippen LogP contribution is -1.88. The number of hydrogen-bond acceptors (Lipinski definition) is 3. The molecule has 0 radical (unpaired) electrons. The van der Waals surface area contributed by atoms with E-state index in [4.69, 9.17) is 0 Å². The fourth-order valence-corrected chi connectivity index (χ4v) is 2.73. The van der Waals surface area contributed by atoms with Crippen molar-refractivity contribution in [2.45, 2.75) is 44.5 Å². The van der Waals surface area contributed by atoms with Crippen LogP contribution in [0.3, 0.4) is 0 Å². The molecule has 18 heavy (non-hydrogen) atoms. The first-order valence-electron chi connectivity index (χ1n) is 6.29. The minimum Gasteiger partial charge on any atom is -0.262 e. The molecule has 0 aliphatic carbocycles. The Morgan fingerprint density at radius 2 is 2.11 bits per heavy atom. The van der Waals surface area contributed by atoms with Gasteiger partial charge in [-0.05, 0) is 31.4 Å². The van der Waals surface area contributed by atoms with E-state index in [0.717, 1.165) is 29.6 Å². The van der Waals surface area contributed by atoms with Gasteiger partial charge in [-0.15, -0.1) is 5.10 Å². The number of aromatic amines is 1. The molecule has 0 aliphatic heterocycles. The van der Waals surface area contributed by atoms with Gasteiger partial charge >= 0.3 is 0 Å². The summed E-state index contributed by atoms with van der Waals surface area (Å²) in [5, 5.41) is 8.05. The lowest BCUT2D eigenvalue weighted by molar-refractivity contribution is 0.840. The number of aromatic nitrogens is 3. The first kappa shape index (κ1) is 13.1. The van der Waals surface area contributed by atoms with Crippen LogP contribution in [0.4, 0.5) is 0 Å². The second-order valence-electron chi connectivity index (χ2n) is 4.53. The number of hydrogen-bond donors (Lipinski definition) is 1. The van der Waals surface area contributed by atoms with Gasteiger partial charge in [0, 0.05) is 12.2 Å². The van der Waals surface area contributed by atoms with Gasteiger partial charge in [0.2, 0.25) is 5.16 Å². The third-order valence-corrected chi connectivity index (χ3v) is 3.75. The van der Waals surface area contributed by atoms with E-state index in [9.17, 15) is 0 Å². The summed E-state index contributed by atoms with van der Waals surface area (Å²) in [4.78, 5) is 4.46. The second-order valence-corrected chi connectivity index (χ2v) is 5.48. The zero-order valence-electron chi connectivity index (χ0n) is 11.2. The molecule has 0 saturated carbocycles. The molecule has 0 bridgehead atoms. The summed E-state index contributed by atoms with van der Waals surface area (Å²) < 4.78 is 0. The van der Waals surface area contributed by atoms with E-state index in [-0.39, 0.29) is 0 Å². The van der Waals surface area contributed by atoms with Gasteiger partial charge in [-0.1, -0.05) is 42.4 Å². The van der Waals surface area contributed by atoms with Crippen LogP contribution in [0.1, 0.15) is 35.9 Å².